The summed E-state index contributed by atoms with van der Waals surface area (Å²) in [5.74, 6) is 0. The van der Waals surface area contributed by atoms with E-state index >= 15 is 0 Å². The number of hydrogen-bond donors (Lipinski definition) is 4. The van der Waals surface area contributed by atoms with Gasteiger partial charge in [0.25, 0.3) is 0 Å². The Morgan fingerprint density at radius 2 is 1.00 bits per heavy atom. The maximum absolute atomic E-state index is 5.35. The van der Waals surface area contributed by atoms with Gasteiger partial charge in [-0.05, 0) is 68.7 Å². The topological polar surface area (TPSA) is 76.1 Å². The molecule has 0 aromatic rings. The van der Waals surface area contributed by atoms with Crippen molar-refractivity contribution in [1.82, 2.24) is 10.6 Å². The van der Waals surface area contributed by atoms with Gasteiger partial charge in [-0.2, -0.15) is 0 Å². The summed E-state index contributed by atoms with van der Waals surface area (Å²) in [7, 11) is 3.89. The summed E-state index contributed by atoms with van der Waals surface area (Å²) < 4.78 is 0. The van der Waals surface area contributed by atoms with Crippen LogP contribution >= 0.6 is 0 Å². The van der Waals surface area contributed by atoms with Crippen LogP contribution in [0.3, 0.4) is 0 Å². The van der Waals surface area contributed by atoms with Crippen LogP contribution in [0.1, 0.15) is 55.4 Å². The summed E-state index contributed by atoms with van der Waals surface area (Å²) in [6, 6.07) is 0. The fraction of sp³-hybridized carbons (Fsp3) is 1.00. The van der Waals surface area contributed by atoms with Crippen LogP contribution in [0.4, 0.5) is 0 Å². The van der Waals surface area contributed by atoms with E-state index in [1.165, 1.54) is 0 Å². The molecule has 0 saturated heterocycles. The molecule has 0 heterocycles. The standard InChI is InChI=1S/C5H13N.C4H11N.C3H9N.C2H7N/c1-5(2,3)6-4;1-4(2,3)5;1-3-4-2;1-2-3/h6H,1-4H3;5H2,1-3H3;4H,3H2,1-2H3;2-3H2,1H3. The van der Waals surface area contributed by atoms with Crippen molar-refractivity contribution in [2.24, 2.45) is 11.5 Å². The Kier molecular flexibility index (Phi) is 24.7. The molecule has 0 aliphatic carbocycles. The molecule has 0 aliphatic rings. The van der Waals surface area contributed by atoms with E-state index in [2.05, 4.69) is 38.3 Å². The van der Waals surface area contributed by atoms with Gasteiger partial charge in [0.1, 0.15) is 0 Å². The number of nitrogens with two attached hydrogens (primary N) is 2. The number of nitrogens with one attached hydrogen (secondary N) is 2. The van der Waals surface area contributed by atoms with Crippen molar-refractivity contribution in [3.8, 4) is 0 Å². The highest BCUT2D eigenvalue weighted by atomic mass is 14.9. The zero-order valence-electron chi connectivity index (χ0n) is 14.6. The van der Waals surface area contributed by atoms with E-state index < -0.39 is 0 Å². The summed E-state index contributed by atoms with van der Waals surface area (Å²) in [6.07, 6.45) is 0. The van der Waals surface area contributed by atoms with Crippen molar-refractivity contribution in [3.05, 3.63) is 0 Å². The summed E-state index contributed by atoms with van der Waals surface area (Å²) in [5, 5.41) is 6.03. The molecule has 0 aromatic carbocycles. The largest absolute Gasteiger partial charge is 0.331 e. The minimum atomic E-state index is 0. The molecule has 0 amide bonds. The molecule has 0 saturated carbocycles. The molecular formula is C14H40N4. The van der Waals surface area contributed by atoms with Crippen LogP contribution in [-0.2, 0) is 0 Å². The number of rotatable bonds is 1. The molecule has 4 nitrogen and oxygen atoms in total. The van der Waals surface area contributed by atoms with Gasteiger partial charge in [-0.3, -0.25) is 0 Å². The third kappa shape index (κ3) is 237. The molecule has 0 fully saturated rings. The van der Waals surface area contributed by atoms with Gasteiger partial charge in [0.2, 0.25) is 0 Å². The minimum absolute atomic E-state index is 0. The summed E-state index contributed by atoms with van der Waals surface area (Å²) in [6.45, 7) is 18.1. The predicted octanol–water partition coefficient (Wildman–Crippen LogP) is 1.94. The van der Waals surface area contributed by atoms with Gasteiger partial charge in [0, 0.05) is 11.1 Å². The predicted molar refractivity (Wildman–Crippen MR) is 87.1 cm³/mol. The van der Waals surface area contributed by atoms with Crippen LogP contribution in [0.2, 0.25) is 0 Å². The lowest BCUT2D eigenvalue weighted by atomic mass is 10.1. The fourth-order valence-corrected chi connectivity index (χ4v) is 0. The van der Waals surface area contributed by atoms with Crippen molar-refractivity contribution >= 4 is 0 Å². The third-order valence-electron chi connectivity index (χ3n) is 1.10. The van der Waals surface area contributed by atoms with E-state index in [9.17, 15) is 0 Å². The van der Waals surface area contributed by atoms with Gasteiger partial charge in [-0.1, -0.05) is 13.8 Å². The van der Waals surface area contributed by atoms with E-state index in [-0.39, 0.29) is 5.54 Å². The average molecular weight is 265 g/mol. The van der Waals surface area contributed by atoms with Gasteiger partial charge in [-0.15, -0.1) is 0 Å². The molecule has 116 valence electrons. The molecule has 18 heavy (non-hydrogen) atoms. The van der Waals surface area contributed by atoms with E-state index in [0.29, 0.717) is 5.54 Å². The summed E-state index contributed by atoms with van der Waals surface area (Å²) in [4.78, 5) is 0. The van der Waals surface area contributed by atoms with Crippen LogP contribution in [0, 0.1) is 0 Å². The quantitative estimate of drug-likeness (QED) is 0.584. The molecule has 0 spiro atoms. The van der Waals surface area contributed by atoms with E-state index in [4.69, 9.17) is 11.5 Å². The smallest absolute Gasteiger partial charge is 0.00935 e. The van der Waals surface area contributed by atoms with Gasteiger partial charge in [0.05, 0.1) is 0 Å². The van der Waals surface area contributed by atoms with Gasteiger partial charge in [-0.25, -0.2) is 0 Å². The third-order valence-corrected chi connectivity index (χ3v) is 1.10. The Hall–Kier alpha value is -0.160. The SMILES string of the molecule is CC(C)(C)N.CCN.CCNC.CNC(C)(C)C. The molecular weight excluding hydrogens is 224 g/mol. The first-order valence-corrected chi connectivity index (χ1v) is 6.71. The lowest BCUT2D eigenvalue weighted by molar-refractivity contribution is 0.469. The molecule has 0 radical (unpaired) electrons. The first-order valence-electron chi connectivity index (χ1n) is 6.71. The molecule has 0 atom stereocenters. The first-order chi connectivity index (χ1) is 7.89. The monoisotopic (exact) mass is 264 g/mol. The lowest BCUT2D eigenvalue weighted by Gasteiger charge is -2.15. The van der Waals surface area contributed by atoms with E-state index in [1.54, 1.807) is 0 Å². The molecule has 0 aromatic heterocycles. The van der Waals surface area contributed by atoms with Crippen LogP contribution in [0.15, 0.2) is 0 Å². The molecule has 6 N–H and O–H groups in total. The Bertz CT molecular complexity index is 115. The van der Waals surface area contributed by atoms with Crippen molar-refractivity contribution in [1.29, 1.82) is 0 Å². The van der Waals surface area contributed by atoms with Crippen molar-refractivity contribution in [2.45, 2.75) is 66.5 Å². The Morgan fingerprint density at radius 1 is 0.889 bits per heavy atom. The Morgan fingerprint density at radius 3 is 1.00 bits per heavy atom. The minimum Gasteiger partial charge on any atom is -0.331 e. The zero-order chi connectivity index (χ0) is 15.8. The van der Waals surface area contributed by atoms with Gasteiger partial charge >= 0.3 is 0 Å². The van der Waals surface area contributed by atoms with Crippen LogP contribution in [0.5, 0.6) is 0 Å². The van der Waals surface area contributed by atoms with Crippen molar-refractivity contribution in [3.63, 3.8) is 0 Å². The molecule has 0 aliphatic heterocycles. The van der Waals surface area contributed by atoms with Gasteiger partial charge in [0.15, 0.2) is 0 Å². The van der Waals surface area contributed by atoms with Crippen LogP contribution in [0.25, 0.3) is 0 Å². The Balaban J connectivity index is -0.0000000750. The fourth-order valence-electron chi connectivity index (χ4n) is 0. The normalized spacial score (nSPS) is 10.0. The zero-order valence-corrected chi connectivity index (χ0v) is 14.6. The lowest BCUT2D eigenvalue weighted by Crippen LogP contribution is -2.31. The average Bonchev–Trinajstić information content (AvgIpc) is 2.16. The Labute approximate surface area is 116 Å². The van der Waals surface area contributed by atoms with Crippen molar-refractivity contribution < 1.29 is 0 Å². The van der Waals surface area contributed by atoms with Crippen LogP contribution < -0.4 is 22.1 Å². The highest BCUT2D eigenvalue weighted by Crippen LogP contribution is 1.93. The first kappa shape index (κ1) is 26.4. The van der Waals surface area contributed by atoms with E-state index in [1.807, 2.05) is 41.8 Å². The molecule has 0 bridgehead atoms. The molecule has 0 unspecified atom stereocenters. The summed E-state index contributed by atoms with van der Waals surface area (Å²) >= 11 is 0. The van der Waals surface area contributed by atoms with Gasteiger partial charge < -0.3 is 22.1 Å². The highest BCUT2D eigenvalue weighted by Gasteiger charge is 2.01. The highest BCUT2D eigenvalue weighted by molar-refractivity contribution is 4.65. The maximum atomic E-state index is 5.35. The second kappa shape index (κ2) is 16.8. The maximum Gasteiger partial charge on any atom is 0.00935 e. The van der Waals surface area contributed by atoms with E-state index in [0.717, 1.165) is 13.1 Å². The second-order valence-corrected chi connectivity index (χ2v) is 5.98. The van der Waals surface area contributed by atoms with Crippen LogP contribution in [-0.4, -0.2) is 38.3 Å². The number of hydrogen-bond acceptors (Lipinski definition) is 4. The second-order valence-electron chi connectivity index (χ2n) is 5.98. The van der Waals surface area contributed by atoms with Crippen molar-refractivity contribution in [2.75, 3.05) is 27.2 Å². The summed E-state index contributed by atoms with van der Waals surface area (Å²) in [5.41, 5.74) is 10.5. The molecule has 4 heteroatoms. The molecule has 0 rings (SSSR count).